The van der Waals surface area contributed by atoms with Gasteiger partial charge in [0.15, 0.2) is 0 Å². The second-order valence-corrected chi connectivity index (χ2v) is 5.46. The Morgan fingerprint density at radius 2 is 2.06 bits per heavy atom. The summed E-state index contributed by atoms with van der Waals surface area (Å²) in [6.45, 7) is 1.41. The van der Waals surface area contributed by atoms with Gasteiger partial charge in [0.25, 0.3) is 0 Å². The van der Waals surface area contributed by atoms with Gasteiger partial charge in [-0.3, -0.25) is 4.79 Å². The number of carbonyl (C=O) groups excluding carboxylic acids is 1. The van der Waals surface area contributed by atoms with Crippen LogP contribution < -0.4 is 0 Å². The molecule has 1 nitrogen and oxygen atoms in total. The van der Waals surface area contributed by atoms with Crippen molar-refractivity contribution in [1.29, 1.82) is 0 Å². The maximum Gasteiger partial charge on any atom is 0.446 e. The second kappa shape index (κ2) is 5.39. The lowest BCUT2D eigenvalue weighted by molar-refractivity contribution is -0.116. The average molecular weight is 360 g/mol. The van der Waals surface area contributed by atoms with Crippen LogP contribution in [0.3, 0.4) is 0 Å². The molecular weight excluding hydrogens is 352 g/mol. The summed E-state index contributed by atoms with van der Waals surface area (Å²) in [6, 6.07) is 4.68. The Morgan fingerprint density at radius 3 is 2.56 bits per heavy atom. The van der Waals surface area contributed by atoms with E-state index in [9.17, 15) is 18.0 Å². The fourth-order valence-electron chi connectivity index (χ4n) is 1.15. The van der Waals surface area contributed by atoms with Crippen molar-refractivity contribution in [2.75, 3.05) is 0 Å². The molecule has 1 aromatic rings. The maximum atomic E-state index is 12.2. The Kier molecular flexibility index (Phi) is 4.66. The van der Waals surface area contributed by atoms with Gasteiger partial charge in [0.1, 0.15) is 5.78 Å². The van der Waals surface area contributed by atoms with Crippen LogP contribution in [0, 0.1) is 3.57 Å². The number of carbonyl (C=O) groups is 1. The monoisotopic (exact) mass is 360 g/mol. The molecule has 0 radical (unpaired) electrons. The number of thioether (sulfide) groups is 1. The highest BCUT2D eigenvalue weighted by atomic mass is 127. The highest BCUT2D eigenvalue weighted by molar-refractivity contribution is 14.1. The molecule has 0 spiro atoms. The van der Waals surface area contributed by atoms with Gasteiger partial charge in [-0.1, -0.05) is 6.07 Å². The Hall–Kier alpha value is -0.240. The lowest BCUT2D eigenvalue weighted by Crippen LogP contribution is -2.02. The van der Waals surface area contributed by atoms with Crippen LogP contribution in [-0.2, 0) is 11.2 Å². The average Bonchev–Trinajstić information content (AvgIpc) is 2.07. The molecule has 0 bridgehead atoms. The lowest BCUT2D eigenvalue weighted by atomic mass is 10.1. The number of ketones is 1. The minimum Gasteiger partial charge on any atom is -0.300 e. The van der Waals surface area contributed by atoms with Crippen LogP contribution in [0.2, 0.25) is 0 Å². The van der Waals surface area contributed by atoms with Gasteiger partial charge in [0.2, 0.25) is 0 Å². The van der Waals surface area contributed by atoms with Gasteiger partial charge in [0.05, 0.1) is 0 Å². The fraction of sp³-hybridized carbons (Fsp3) is 0.300. The van der Waals surface area contributed by atoms with Crippen LogP contribution in [0.4, 0.5) is 13.2 Å². The molecule has 1 aromatic carbocycles. The predicted octanol–water partition coefficient (Wildman–Crippen LogP) is 4.03. The van der Waals surface area contributed by atoms with Crippen LogP contribution in [0.15, 0.2) is 23.1 Å². The highest BCUT2D eigenvalue weighted by Crippen LogP contribution is 2.39. The Bertz CT molecular complexity index is 404. The van der Waals surface area contributed by atoms with E-state index in [1.54, 1.807) is 12.1 Å². The minimum atomic E-state index is -4.30. The fourth-order valence-corrected chi connectivity index (χ4v) is 2.44. The molecule has 0 N–H and O–H groups in total. The standard InChI is InChI=1S/C10H8F3IOS/c1-6(15)4-7-2-3-8(14)9(5-7)16-10(11,12)13/h2-3,5H,4H2,1H3. The van der Waals surface area contributed by atoms with E-state index in [2.05, 4.69) is 0 Å². The zero-order valence-electron chi connectivity index (χ0n) is 8.27. The molecule has 0 atom stereocenters. The minimum absolute atomic E-state index is 0.0656. The molecule has 0 aliphatic carbocycles. The van der Waals surface area contributed by atoms with Crippen molar-refractivity contribution >= 4 is 40.1 Å². The first-order valence-corrected chi connectivity index (χ1v) is 6.21. The number of halogens is 4. The largest absolute Gasteiger partial charge is 0.446 e. The zero-order valence-corrected chi connectivity index (χ0v) is 11.2. The van der Waals surface area contributed by atoms with Crippen molar-refractivity contribution in [1.82, 2.24) is 0 Å². The first kappa shape index (κ1) is 13.8. The summed E-state index contributed by atoms with van der Waals surface area (Å²) in [7, 11) is 0. The van der Waals surface area contributed by atoms with Crippen molar-refractivity contribution in [3.8, 4) is 0 Å². The van der Waals surface area contributed by atoms with E-state index in [1.807, 2.05) is 22.6 Å². The van der Waals surface area contributed by atoms with Crippen LogP contribution in [-0.4, -0.2) is 11.3 Å². The van der Waals surface area contributed by atoms with Crippen LogP contribution >= 0.6 is 34.4 Å². The zero-order chi connectivity index (χ0) is 12.3. The molecule has 0 aromatic heterocycles. The summed E-state index contributed by atoms with van der Waals surface area (Å²) < 4.78 is 37.2. The van der Waals surface area contributed by atoms with Crippen LogP contribution in [0.5, 0.6) is 0 Å². The Morgan fingerprint density at radius 1 is 1.44 bits per heavy atom. The van der Waals surface area contributed by atoms with Crippen LogP contribution in [0.1, 0.15) is 12.5 Å². The molecule has 0 heterocycles. The molecule has 6 heteroatoms. The summed E-state index contributed by atoms with van der Waals surface area (Å²) in [5, 5.41) is 0. The molecule has 0 fully saturated rings. The molecule has 16 heavy (non-hydrogen) atoms. The molecule has 0 saturated heterocycles. The summed E-state index contributed by atoms with van der Waals surface area (Å²) in [5.41, 5.74) is -3.69. The highest BCUT2D eigenvalue weighted by Gasteiger charge is 2.30. The van der Waals surface area contributed by atoms with Crippen LogP contribution in [0.25, 0.3) is 0 Å². The maximum absolute atomic E-state index is 12.2. The molecule has 0 unspecified atom stereocenters. The molecule has 0 aliphatic heterocycles. The van der Waals surface area contributed by atoms with E-state index >= 15 is 0 Å². The number of hydrogen-bond donors (Lipinski definition) is 0. The normalized spacial score (nSPS) is 11.6. The van der Waals surface area contributed by atoms with Gasteiger partial charge in [-0.05, 0) is 59.0 Å². The summed E-state index contributed by atoms with van der Waals surface area (Å²) >= 11 is 1.69. The van der Waals surface area contributed by atoms with E-state index in [0.29, 0.717) is 9.13 Å². The molecule has 0 amide bonds. The number of hydrogen-bond acceptors (Lipinski definition) is 2. The SMILES string of the molecule is CC(=O)Cc1ccc(I)c(SC(F)(F)F)c1. The van der Waals surface area contributed by atoms with E-state index in [1.165, 1.54) is 13.0 Å². The number of benzene rings is 1. The number of rotatable bonds is 3. The third-order valence-electron chi connectivity index (χ3n) is 1.67. The Balaban J connectivity index is 2.95. The van der Waals surface area contributed by atoms with Crippen molar-refractivity contribution in [3.63, 3.8) is 0 Å². The predicted molar refractivity (Wildman–Crippen MR) is 65.5 cm³/mol. The quantitative estimate of drug-likeness (QED) is 0.598. The van der Waals surface area contributed by atoms with Gasteiger partial charge in [-0.2, -0.15) is 13.2 Å². The van der Waals surface area contributed by atoms with Crippen molar-refractivity contribution < 1.29 is 18.0 Å². The third-order valence-corrected chi connectivity index (χ3v) is 3.77. The van der Waals surface area contributed by atoms with Crippen molar-refractivity contribution in [2.45, 2.75) is 23.7 Å². The summed E-state index contributed by atoms with van der Waals surface area (Å²) in [6.07, 6.45) is 0.169. The lowest BCUT2D eigenvalue weighted by Gasteiger charge is -2.09. The molecule has 88 valence electrons. The summed E-state index contributed by atoms with van der Waals surface area (Å²) in [5.74, 6) is -0.0656. The van der Waals surface area contributed by atoms with E-state index < -0.39 is 5.51 Å². The number of alkyl halides is 3. The van der Waals surface area contributed by atoms with Gasteiger partial charge in [0, 0.05) is 14.9 Å². The first-order valence-electron chi connectivity index (χ1n) is 4.31. The second-order valence-electron chi connectivity index (χ2n) is 3.19. The summed E-state index contributed by atoms with van der Waals surface area (Å²) in [4.78, 5) is 11.0. The van der Waals surface area contributed by atoms with Gasteiger partial charge in [-0.25, -0.2) is 0 Å². The van der Waals surface area contributed by atoms with E-state index in [0.717, 1.165) is 0 Å². The van der Waals surface area contributed by atoms with Crippen molar-refractivity contribution in [3.05, 3.63) is 27.3 Å². The van der Waals surface area contributed by atoms with Gasteiger partial charge >= 0.3 is 5.51 Å². The van der Waals surface area contributed by atoms with E-state index in [-0.39, 0.29) is 28.9 Å². The molecule has 1 rings (SSSR count). The van der Waals surface area contributed by atoms with E-state index in [4.69, 9.17) is 0 Å². The molecule has 0 saturated carbocycles. The van der Waals surface area contributed by atoms with Gasteiger partial charge in [-0.15, -0.1) is 0 Å². The number of Topliss-reactive ketones (excluding diaryl/α,β-unsaturated/α-hetero) is 1. The molecule has 0 aliphatic rings. The topological polar surface area (TPSA) is 17.1 Å². The third kappa shape index (κ3) is 4.73. The van der Waals surface area contributed by atoms with Crippen molar-refractivity contribution in [2.24, 2.45) is 0 Å². The molecular formula is C10H8F3IOS. The smallest absolute Gasteiger partial charge is 0.300 e. The first-order chi connectivity index (χ1) is 7.28. The Labute approximate surface area is 109 Å². The van der Waals surface area contributed by atoms with Gasteiger partial charge < -0.3 is 0 Å².